The average Bonchev–Trinajstić information content (AvgIpc) is 3.13. The molecule has 2 aromatic rings. The molecule has 146 valence electrons. The maximum atomic E-state index is 11.1. The summed E-state index contributed by atoms with van der Waals surface area (Å²) in [6, 6.07) is 10.6. The van der Waals surface area contributed by atoms with E-state index in [4.69, 9.17) is 10.2 Å². The number of halogens is 1. The van der Waals surface area contributed by atoms with Crippen LogP contribution in [0.1, 0.15) is 16.3 Å². The molecule has 1 aliphatic heterocycles. The molecule has 4 N–H and O–H groups in total. The molecule has 0 saturated carbocycles. The van der Waals surface area contributed by atoms with Crippen LogP contribution in [-0.4, -0.2) is 55.1 Å². The molecule has 0 atom stereocenters. The number of aromatic hydroxyl groups is 1. The van der Waals surface area contributed by atoms with Gasteiger partial charge in [-0.2, -0.15) is 0 Å². The number of hydrogen-bond donors (Lipinski definition) is 3. The van der Waals surface area contributed by atoms with Gasteiger partial charge in [0.15, 0.2) is 11.7 Å². The van der Waals surface area contributed by atoms with E-state index in [1.807, 2.05) is 18.2 Å². The average molecular weight is 485 g/mol. The van der Waals surface area contributed by atoms with Crippen LogP contribution in [0, 0.1) is 0 Å². The lowest BCUT2D eigenvalue weighted by molar-refractivity contribution is 0.0972. The third-order valence-electron chi connectivity index (χ3n) is 4.34. The Labute approximate surface area is 175 Å². The summed E-state index contributed by atoms with van der Waals surface area (Å²) in [4.78, 5) is 19.7. The van der Waals surface area contributed by atoms with E-state index in [1.165, 1.54) is 0 Å². The number of nitrogens with two attached hydrogens (primary N) is 1. The van der Waals surface area contributed by atoms with Crippen LogP contribution in [0.3, 0.4) is 0 Å². The van der Waals surface area contributed by atoms with Crippen LogP contribution in [0.25, 0.3) is 0 Å². The smallest absolute Gasteiger partial charge is 0.284 e. The Morgan fingerprint density at radius 2 is 1.93 bits per heavy atom. The number of nitrogens with zero attached hydrogens (tertiary/aromatic N) is 3. The van der Waals surface area contributed by atoms with Crippen LogP contribution in [0.5, 0.6) is 5.75 Å². The number of piperazine rings is 1. The zero-order valence-electron chi connectivity index (χ0n) is 15.1. The van der Waals surface area contributed by atoms with Crippen molar-refractivity contribution in [3.63, 3.8) is 0 Å². The molecule has 1 amide bonds. The summed E-state index contributed by atoms with van der Waals surface area (Å²) in [7, 11) is 1.73. The first-order valence-electron chi connectivity index (χ1n) is 8.45. The summed E-state index contributed by atoms with van der Waals surface area (Å²) in [5, 5.41) is 13.2. The van der Waals surface area contributed by atoms with Crippen LogP contribution in [0.2, 0.25) is 0 Å². The number of primary amides is 1. The van der Waals surface area contributed by atoms with Crippen molar-refractivity contribution in [2.45, 2.75) is 6.54 Å². The molecule has 0 aliphatic carbocycles. The van der Waals surface area contributed by atoms with Gasteiger partial charge in [0.05, 0.1) is 12.2 Å². The Balaban J connectivity index is 0.00000261. The largest absolute Gasteiger partial charge is 0.506 e. The second kappa shape index (κ2) is 9.49. The van der Waals surface area contributed by atoms with Crippen molar-refractivity contribution in [2.24, 2.45) is 10.7 Å². The Morgan fingerprint density at radius 3 is 2.52 bits per heavy atom. The standard InChI is InChI=1S/C18H23N5O3.HI/c1-20-18(21-12-13-6-7-16(26-13)17(19)25)23-10-8-22(9-11-23)14-4-2-3-5-15(14)24;/h2-7,24H,8-12H2,1H3,(H2,19,25)(H,20,21);1H. The maximum absolute atomic E-state index is 11.1. The number of nitrogens with one attached hydrogen (secondary N) is 1. The summed E-state index contributed by atoms with van der Waals surface area (Å²) < 4.78 is 5.37. The van der Waals surface area contributed by atoms with Crippen molar-refractivity contribution in [1.29, 1.82) is 0 Å². The number of furan rings is 1. The minimum Gasteiger partial charge on any atom is -0.506 e. The van der Waals surface area contributed by atoms with Gasteiger partial charge in [-0.1, -0.05) is 12.1 Å². The predicted molar refractivity (Wildman–Crippen MR) is 115 cm³/mol. The number of carbonyl (C=O) groups excluding carboxylic acids is 1. The van der Waals surface area contributed by atoms with Crippen LogP contribution in [-0.2, 0) is 6.54 Å². The van der Waals surface area contributed by atoms with E-state index in [0.29, 0.717) is 18.1 Å². The van der Waals surface area contributed by atoms with Crippen molar-refractivity contribution in [1.82, 2.24) is 10.2 Å². The fraction of sp³-hybridized carbons (Fsp3) is 0.333. The summed E-state index contributed by atoms with van der Waals surface area (Å²) in [6.07, 6.45) is 0. The van der Waals surface area contributed by atoms with Gasteiger partial charge in [0.1, 0.15) is 11.5 Å². The molecule has 1 saturated heterocycles. The molecule has 3 rings (SSSR count). The first-order chi connectivity index (χ1) is 12.6. The van der Waals surface area contributed by atoms with E-state index < -0.39 is 5.91 Å². The molecule has 0 radical (unpaired) electrons. The summed E-state index contributed by atoms with van der Waals surface area (Å²) in [5.41, 5.74) is 6.04. The van der Waals surface area contributed by atoms with E-state index in [0.717, 1.165) is 37.8 Å². The highest BCUT2D eigenvalue weighted by Gasteiger charge is 2.21. The zero-order chi connectivity index (χ0) is 18.5. The molecule has 1 aliphatic rings. The van der Waals surface area contributed by atoms with Gasteiger partial charge in [-0.05, 0) is 24.3 Å². The molecule has 27 heavy (non-hydrogen) atoms. The number of aliphatic imine (C=N–C) groups is 1. The van der Waals surface area contributed by atoms with Crippen molar-refractivity contribution in [2.75, 3.05) is 38.1 Å². The van der Waals surface area contributed by atoms with E-state index in [9.17, 15) is 9.90 Å². The molecule has 1 aromatic carbocycles. The lowest BCUT2D eigenvalue weighted by atomic mass is 10.2. The minimum atomic E-state index is -0.582. The summed E-state index contributed by atoms with van der Waals surface area (Å²) in [6.45, 7) is 3.53. The number of anilines is 1. The third-order valence-corrected chi connectivity index (χ3v) is 4.34. The highest BCUT2D eigenvalue weighted by atomic mass is 127. The zero-order valence-corrected chi connectivity index (χ0v) is 17.4. The number of phenolic OH excluding ortho intramolecular Hbond substituents is 1. The van der Waals surface area contributed by atoms with Crippen molar-refractivity contribution >= 4 is 41.5 Å². The number of phenols is 1. The van der Waals surface area contributed by atoms with Gasteiger partial charge in [0.2, 0.25) is 0 Å². The SMILES string of the molecule is CN=C(NCc1ccc(C(N)=O)o1)N1CCN(c2ccccc2O)CC1.I. The van der Waals surface area contributed by atoms with Crippen molar-refractivity contribution in [3.8, 4) is 5.75 Å². The highest BCUT2D eigenvalue weighted by Crippen LogP contribution is 2.27. The second-order valence-electron chi connectivity index (χ2n) is 5.99. The Kier molecular flexibility index (Phi) is 7.34. The van der Waals surface area contributed by atoms with E-state index in [2.05, 4.69) is 20.1 Å². The number of carbonyl (C=O) groups is 1. The molecule has 2 heterocycles. The lowest BCUT2D eigenvalue weighted by Crippen LogP contribution is -2.52. The lowest BCUT2D eigenvalue weighted by Gasteiger charge is -2.37. The summed E-state index contributed by atoms with van der Waals surface area (Å²) >= 11 is 0. The number of hydrogen-bond acceptors (Lipinski definition) is 5. The third kappa shape index (κ3) is 5.06. The topological polar surface area (TPSA) is 107 Å². The van der Waals surface area contributed by atoms with Crippen molar-refractivity contribution in [3.05, 3.63) is 47.9 Å². The maximum Gasteiger partial charge on any atom is 0.284 e. The molecule has 0 spiro atoms. The van der Waals surface area contributed by atoms with Gasteiger partial charge in [-0.3, -0.25) is 9.79 Å². The van der Waals surface area contributed by atoms with Crippen LogP contribution >= 0.6 is 24.0 Å². The monoisotopic (exact) mass is 485 g/mol. The van der Waals surface area contributed by atoms with E-state index in [1.54, 1.807) is 25.2 Å². The number of para-hydroxylation sites is 2. The van der Waals surface area contributed by atoms with Gasteiger partial charge in [0, 0.05) is 33.2 Å². The van der Waals surface area contributed by atoms with Gasteiger partial charge < -0.3 is 30.4 Å². The number of amides is 1. The van der Waals surface area contributed by atoms with E-state index >= 15 is 0 Å². The number of guanidine groups is 1. The van der Waals surface area contributed by atoms with Crippen LogP contribution in [0.4, 0.5) is 5.69 Å². The normalized spacial score (nSPS) is 14.6. The van der Waals surface area contributed by atoms with Gasteiger partial charge in [-0.15, -0.1) is 24.0 Å². The van der Waals surface area contributed by atoms with Crippen molar-refractivity contribution < 1.29 is 14.3 Å². The van der Waals surface area contributed by atoms with Gasteiger partial charge in [0.25, 0.3) is 5.91 Å². The van der Waals surface area contributed by atoms with Gasteiger partial charge in [-0.25, -0.2) is 0 Å². The molecular weight excluding hydrogens is 461 g/mol. The van der Waals surface area contributed by atoms with Gasteiger partial charge >= 0.3 is 0 Å². The molecule has 9 heteroatoms. The van der Waals surface area contributed by atoms with Crippen LogP contribution < -0.4 is 16.0 Å². The minimum absolute atomic E-state index is 0. The van der Waals surface area contributed by atoms with Crippen LogP contribution in [0.15, 0.2) is 45.8 Å². The number of benzene rings is 1. The van der Waals surface area contributed by atoms with E-state index in [-0.39, 0.29) is 29.7 Å². The Morgan fingerprint density at radius 1 is 1.22 bits per heavy atom. The Bertz CT molecular complexity index is 800. The first kappa shape index (κ1) is 20.9. The number of rotatable bonds is 4. The molecule has 1 fully saturated rings. The first-order valence-corrected chi connectivity index (χ1v) is 8.45. The molecular formula is C18H24IN5O3. The predicted octanol–water partition coefficient (Wildman–Crippen LogP) is 1.60. The summed E-state index contributed by atoms with van der Waals surface area (Å²) in [5.74, 6) is 1.24. The Hall–Kier alpha value is -2.43. The molecule has 8 nitrogen and oxygen atoms in total. The fourth-order valence-corrected chi connectivity index (χ4v) is 2.99. The molecule has 0 bridgehead atoms. The second-order valence-corrected chi connectivity index (χ2v) is 5.99. The quantitative estimate of drug-likeness (QED) is 0.345. The fourth-order valence-electron chi connectivity index (χ4n) is 2.99. The highest BCUT2D eigenvalue weighted by molar-refractivity contribution is 14.0. The molecule has 1 aromatic heterocycles. The molecule has 0 unspecified atom stereocenters.